The molecule has 0 aliphatic heterocycles. The van der Waals surface area contributed by atoms with Crippen molar-refractivity contribution in [2.45, 2.75) is 13.0 Å². The van der Waals surface area contributed by atoms with Crippen LogP contribution in [0.2, 0.25) is 0 Å². The van der Waals surface area contributed by atoms with Gasteiger partial charge in [-0.2, -0.15) is 0 Å². The fourth-order valence-electron chi connectivity index (χ4n) is 1.46. The molecule has 0 saturated carbocycles. The van der Waals surface area contributed by atoms with Gasteiger partial charge in [-0.3, -0.25) is 4.68 Å². The summed E-state index contributed by atoms with van der Waals surface area (Å²) < 4.78 is 1.97. The lowest BCUT2D eigenvalue weighted by atomic mass is 10.1. The Morgan fingerprint density at radius 1 is 1.00 bits per heavy atom. The minimum absolute atomic E-state index is 0.323. The van der Waals surface area contributed by atoms with Crippen LogP contribution in [0.15, 0.2) is 54.9 Å². The number of nitrogens with zero attached hydrogens (tertiary/aromatic N) is 1. The zero-order valence-corrected chi connectivity index (χ0v) is 8.22. The largest absolute Gasteiger partial charge is 0.319 e. The molecular weight excluding hydrogens is 172 g/mol. The Morgan fingerprint density at radius 3 is 2.29 bits per heavy atom. The second-order valence-electron chi connectivity index (χ2n) is 3.35. The van der Waals surface area contributed by atoms with Crippen molar-refractivity contribution in [2.75, 3.05) is 5.43 Å². The quantitative estimate of drug-likeness (QED) is 0.780. The lowest BCUT2D eigenvalue weighted by Crippen LogP contribution is -2.16. The van der Waals surface area contributed by atoms with Crippen LogP contribution >= 0.6 is 0 Å². The standard InChI is InChI=1S/C12H14N2/c1-11(12-7-3-2-4-8-12)13-14-9-5-6-10-14/h2-11,13H,1H3. The van der Waals surface area contributed by atoms with Gasteiger partial charge in [0.1, 0.15) is 0 Å². The molecule has 0 bridgehead atoms. The average Bonchev–Trinajstić information content (AvgIpc) is 2.72. The molecule has 0 aliphatic rings. The van der Waals surface area contributed by atoms with E-state index in [1.165, 1.54) is 5.56 Å². The average molecular weight is 186 g/mol. The summed E-state index contributed by atoms with van der Waals surface area (Å²) in [5.41, 5.74) is 4.65. The topological polar surface area (TPSA) is 17.0 Å². The maximum atomic E-state index is 3.35. The van der Waals surface area contributed by atoms with E-state index in [9.17, 15) is 0 Å². The molecule has 0 aliphatic carbocycles. The molecule has 2 heteroatoms. The van der Waals surface area contributed by atoms with Gasteiger partial charge in [0.2, 0.25) is 0 Å². The van der Waals surface area contributed by atoms with Gasteiger partial charge in [0.05, 0.1) is 6.04 Å². The highest BCUT2D eigenvalue weighted by molar-refractivity contribution is 5.20. The maximum Gasteiger partial charge on any atom is 0.0645 e. The van der Waals surface area contributed by atoms with E-state index in [1.54, 1.807) is 0 Å². The fourth-order valence-corrected chi connectivity index (χ4v) is 1.46. The Hall–Kier alpha value is -1.70. The van der Waals surface area contributed by atoms with Gasteiger partial charge in [0, 0.05) is 12.4 Å². The van der Waals surface area contributed by atoms with Crippen LogP contribution in [0, 0.1) is 0 Å². The van der Waals surface area contributed by atoms with Crippen molar-refractivity contribution in [3.8, 4) is 0 Å². The predicted molar refractivity (Wildman–Crippen MR) is 58.6 cm³/mol. The van der Waals surface area contributed by atoms with Crippen LogP contribution in [0.5, 0.6) is 0 Å². The molecule has 1 N–H and O–H groups in total. The molecule has 0 fully saturated rings. The van der Waals surface area contributed by atoms with E-state index >= 15 is 0 Å². The minimum Gasteiger partial charge on any atom is -0.319 e. The first-order valence-electron chi connectivity index (χ1n) is 4.81. The number of hydrogen-bond donors (Lipinski definition) is 1. The van der Waals surface area contributed by atoms with Crippen molar-refractivity contribution in [3.63, 3.8) is 0 Å². The molecular formula is C12H14N2. The Kier molecular flexibility index (Phi) is 2.54. The van der Waals surface area contributed by atoms with Crippen molar-refractivity contribution in [1.82, 2.24) is 4.68 Å². The molecule has 0 radical (unpaired) electrons. The monoisotopic (exact) mass is 186 g/mol. The summed E-state index contributed by atoms with van der Waals surface area (Å²) in [5, 5.41) is 0. The van der Waals surface area contributed by atoms with Gasteiger partial charge >= 0.3 is 0 Å². The predicted octanol–water partition coefficient (Wildman–Crippen LogP) is 2.79. The highest BCUT2D eigenvalue weighted by Crippen LogP contribution is 2.12. The van der Waals surface area contributed by atoms with Crippen molar-refractivity contribution >= 4 is 0 Å². The molecule has 1 heterocycles. The molecule has 1 aromatic heterocycles. The first-order chi connectivity index (χ1) is 6.86. The molecule has 2 nitrogen and oxygen atoms in total. The highest BCUT2D eigenvalue weighted by atomic mass is 15.4. The van der Waals surface area contributed by atoms with E-state index in [0.717, 1.165) is 0 Å². The van der Waals surface area contributed by atoms with Crippen molar-refractivity contribution in [3.05, 3.63) is 60.4 Å². The zero-order valence-electron chi connectivity index (χ0n) is 8.22. The van der Waals surface area contributed by atoms with E-state index in [2.05, 4.69) is 36.6 Å². The van der Waals surface area contributed by atoms with Gasteiger partial charge in [-0.15, -0.1) is 0 Å². The molecule has 2 rings (SSSR count). The summed E-state index contributed by atoms with van der Waals surface area (Å²) in [7, 11) is 0. The first kappa shape index (κ1) is 8.88. The van der Waals surface area contributed by atoms with Crippen LogP contribution in [-0.4, -0.2) is 4.68 Å². The molecule has 1 unspecified atom stereocenters. The van der Waals surface area contributed by atoms with Crippen LogP contribution in [0.4, 0.5) is 0 Å². The number of hydrogen-bond acceptors (Lipinski definition) is 1. The van der Waals surface area contributed by atoms with Crippen molar-refractivity contribution in [2.24, 2.45) is 0 Å². The Morgan fingerprint density at radius 2 is 1.64 bits per heavy atom. The number of benzene rings is 1. The molecule has 72 valence electrons. The zero-order chi connectivity index (χ0) is 9.80. The third-order valence-corrected chi connectivity index (χ3v) is 2.25. The molecule has 1 aromatic carbocycles. The van der Waals surface area contributed by atoms with Crippen LogP contribution < -0.4 is 5.43 Å². The Balaban J connectivity index is 2.07. The van der Waals surface area contributed by atoms with Gasteiger partial charge in [-0.1, -0.05) is 30.3 Å². The summed E-state index contributed by atoms with van der Waals surface area (Å²) >= 11 is 0. The molecule has 0 amide bonds. The number of rotatable bonds is 3. The van der Waals surface area contributed by atoms with E-state index in [0.29, 0.717) is 6.04 Å². The fraction of sp³-hybridized carbons (Fsp3) is 0.167. The second-order valence-corrected chi connectivity index (χ2v) is 3.35. The van der Waals surface area contributed by atoms with E-state index < -0.39 is 0 Å². The molecule has 14 heavy (non-hydrogen) atoms. The SMILES string of the molecule is CC(Nn1cccc1)c1ccccc1. The normalized spacial score (nSPS) is 12.4. The van der Waals surface area contributed by atoms with E-state index in [1.807, 2.05) is 35.3 Å². The molecule has 0 saturated heterocycles. The molecule has 2 aromatic rings. The third-order valence-electron chi connectivity index (χ3n) is 2.25. The third kappa shape index (κ3) is 1.96. The first-order valence-corrected chi connectivity index (χ1v) is 4.81. The maximum absolute atomic E-state index is 3.35. The summed E-state index contributed by atoms with van der Waals surface area (Å²) in [6.07, 6.45) is 4.00. The second kappa shape index (κ2) is 4.01. The molecule has 1 atom stereocenters. The van der Waals surface area contributed by atoms with E-state index in [4.69, 9.17) is 0 Å². The number of aromatic nitrogens is 1. The van der Waals surface area contributed by atoms with Gasteiger partial charge in [0.15, 0.2) is 0 Å². The summed E-state index contributed by atoms with van der Waals surface area (Å²) in [6.45, 7) is 2.15. The molecule has 0 spiro atoms. The summed E-state index contributed by atoms with van der Waals surface area (Å²) in [5.74, 6) is 0. The van der Waals surface area contributed by atoms with Crippen molar-refractivity contribution in [1.29, 1.82) is 0 Å². The number of nitrogens with one attached hydrogen (secondary N) is 1. The van der Waals surface area contributed by atoms with Gasteiger partial charge < -0.3 is 5.43 Å². The van der Waals surface area contributed by atoms with Crippen LogP contribution in [-0.2, 0) is 0 Å². The minimum atomic E-state index is 0.323. The lowest BCUT2D eigenvalue weighted by Gasteiger charge is -2.16. The van der Waals surface area contributed by atoms with Gasteiger partial charge in [-0.05, 0) is 24.6 Å². The van der Waals surface area contributed by atoms with Crippen LogP contribution in [0.1, 0.15) is 18.5 Å². The summed E-state index contributed by atoms with van der Waals surface area (Å²) in [6, 6.07) is 14.7. The van der Waals surface area contributed by atoms with Gasteiger partial charge in [0.25, 0.3) is 0 Å². The van der Waals surface area contributed by atoms with Gasteiger partial charge in [-0.25, -0.2) is 0 Å². The highest BCUT2D eigenvalue weighted by Gasteiger charge is 2.02. The van der Waals surface area contributed by atoms with Crippen LogP contribution in [0.3, 0.4) is 0 Å². The lowest BCUT2D eigenvalue weighted by molar-refractivity contribution is 0.728. The van der Waals surface area contributed by atoms with Crippen molar-refractivity contribution < 1.29 is 0 Å². The summed E-state index contributed by atoms with van der Waals surface area (Å²) in [4.78, 5) is 0. The van der Waals surface area contributed by atoms with E-state index in [-0.39, 0.29) is 0 Å². The smallest absolute Gasteiger partial charge is 0.0645 e. The Bertz CT molecular complexity index is 364. The van der Waals surface area contributed by atoms with Crippen LogP contribution in [0.25, 0.3) is 0 Å². The Labute approximate surface area is 84.2 Å².